The smallest absolute Gasteiger partial charge is 0.132 e. The second-order valence-electron chi connectivity index (χ2n) is 3.96. The lowest BCUT2D eigenvalue weighted by atomic mass is 10.0. The number of benzene rings is 1. The SMILES string of the molecule is Clc1[nH]nc2cc(C3CCCN3)ccc12. The average molecular weight is 222 g/mol. The second kappa shape index (κ2) is 3.51. The quantitative estimate of drug-likeness (QED) is 0.777. The minimum absolute atomic E-state index is 0.491. The molecule has 15 heavy (non-hydrogen) atoms. The van der Waals surface area contributed by atoms with Gasteiger partial charge in [-0.05, 0) is 37.1 Å². The molecular weight excluding hydrogens is 210 g/mol. The maximum absolute atomic E-state index is 5.95. The topological polar surface area (TPSA) is 40.7 Å². The summed E-state index contributed by atoms with van der Waals surface area (Å²) in [6.07, 6.45) is 2.47. The lowest BCUT2D eigenvalue weighted by Gasteiger charge is -2.09. The Hall–Kier alpha value is -1.06. The van der Waals surface area contributed by atoms with Gasteiger partial charge in [-0.1, -0.05) is 17.7 Å². The molecule has 78 valence electrons. The Balaban J connectivity index is 2.05. The largest absolute Gasteiger partial charge is 0.310 e. The van der Waals surface area contributed by atoms with Gasteiger partial charge in [0.25, 0.3) is 0 Å². The van der Waals surface area contributed by atoms with Gasteiger partial charge in [0.15, 0.2) is 0 Å². The van der Waals surface area contributed by atoms with Crippen LogP contribution in [0.2, 0.25) is 5.15 Å². The van der Waals surface area contributed by atoms with Gasteiger partial charge in [-0.15, -0.1) is 0 Å². The predicted octanol–water partition coefficient (Wildman–Crippen LogP) is 2.64. The first-order chi connectivity index (χ1) is 7.34. The van der Waals surface area contributed by atoms with Crippen LogP contribution in [0.3, 0.4) is 0 Å². The highest BCUT2D eigenvalue weighted by Gasteiger charge is 2.16. The lowest BCUT2D eigenvalue weighted by molar-refractivity contribution is 0.648. The molecule has 1 aliphatic rings. The highest BCUT2D eigenvalue weighted by Crippen LogP contribution is 2.27. The van der Waals surface area contributed by atoms with Gasteiger partial charge in [-0.3, -0.25) is 5.10 Å². The van der Waals surface area contributed by atoms with Gasteiger partial charge in [-0.2, -0.15) is 5.10 Å². The molecule has 0 amide bonds. The van der Waals surface area contributed by atoms with Crippen LogP contribution in [0.1, 0.15) is 24.4 Å². The van der Waals surface area contributed by atoms with Crippen molar-refractivity contribution in [3.8, 4) is 0 Å². The normalized spacial score (nSPS) is 21.3. The summed E-state index contributed by atoms with van der Waals surface area (Å²) in [4.78, 5) is 0. The van der Waals surface area contributed by atoms with Gasteiger partial charge in [-0.25, -0.2) is 0 Å². The van der Waals surface area contributed by atoms with E-state index in [0.29, 0.717) is 11.2 Å². The maximum atomic E-state index is 5.95. The van der Waals surface area contributed by atoms with E-state index in [4.69, 9.17) is 11.6 Å². The number of halogens is 1. The first-order valence-corrected chi connectivity index (χ1v) is 5.59. The Morgan fingerprint density at radius 3 is 3.13 bits per heavy atom. The minimum atomic E-state index is 0.491. The second-order valence-corrected chi connectivity index (χ2v) is 4.34. The van der Waals surface area contributed by atoms with Gasteiger partial charge < -0.3 is 5.32 Å². The molecule has 3 nitrogen and oxygen atoms in total. The van der Waals surface area contributed by atoms with E-state index in [9.17, 15) is 0 Å². The molecule has 1 saturated heterocycles. The summed E-state index contributed by atoms with van der Waals surface area (Å²) in [7, 11) is 0. The molecule has 0 bridgehead atoms. The van der Waals surface area contributed by atoms with Crippen molar-refractivity contribution >= 4 is 22.5 Å². The van der Waals surface area contributed by atoms with Crippen molar-refractivity contribution in [2.75, 3.05) is 6.54 Å². The van der Waals surface area contributed by atoms with Crippen LogP contribution in [0, 0.1) is 0 Å². The molecule has 0 aliphatic carbocycles. The number of H-pyrrole nitrogens is 1. The maximum Gasteiger partial charge on any atom is 0.132 e. The Morgan fingerprint density at radius 1 is 1.40 bits per heavy atom. The van der Waals surface area contributed by atoms with Crippen LogP contribution < -0.4 is 5.32 Å². The molecule has 2 heterocycles. The van der Waals surface area contributed by atoms with Crippen molar-refractivity contribution < 1.29 is 0 Å². The number of hydrogen-bond donors (Lipinski definition) is 2. The number of aromatic amines is 1. The third-order valence-corrected chi connectivity index (χ3v) is 3.28. The molecule has 1 atom stereocenters. The number of rotatable bonds is 1. The molecular formula is C11H12ClN3. The zero-order chi connectivity index (χ0) is 10.3. The summed E-state index contributed by atoms with van der Waals surface area (Å²) in [5.74, 6) is 0. The first-order valence-electron chi connectivity index (χ1n) is 5.21. The molecule has 3 rings (SSSR count). The van der Waals surface area contributed by atoms with E-state index in [1.807, 2.05) is 6.07 Å². The Labute approximate surface area is 92.8 Å². The van der Waals surface area contributed by atoms with Crippen LogP contribution in [0.25, 0.3) is 10.9 Å². The summed E-state index contributed by atoms with van der Waals surface area (Å²) in [6, 6.07) is 6.77. The molecule has 1 unspecified atom stereocenters. The number of nitrogens with one attached hydrogen (secondary N) is 2. The Morgan fingerprint density at radius 2 is 2.33 bits per heavy atom. The molecule has 4 heteroatoms. The van der Waals surface area contributed by atoms with Crippen LogP contribution in [0.5, 0.6) is 0 Å². The fourth-order valence-electron chi connectivity index (χ4n) is 2.18. The van der Waals surface area contributed by atoms with Gasteiger partial charge in [0, 0.05) is 11.4 Å². The number of nitrogens with zero attached hydrogens (tertiary/aromatic N) is 1. The Kier molecular flexibility index (Phi) is 2.15. The van der Waals surface area contributed by atoms with E-state index < -0.39 is 0 Å². The van der Waals surface area contributed by atoms with E-state index >= 15 is 0 Å². The highest BCUT2D eigenvalue weighted by atomic mass is 35.5. The first kappa shape index (κ1) is 9.19. The van der Waals surface area contributed by atoms with E-state index in [-0.39, 0.29) is 0 Å². The molecule has 0 saturated carbocycles. The van der Waals surface area contributed by atoms with Crippen LogP contribution >= 0.6 is 11.6 Å². The fraction of sp³-hybridized carbons (Fsp3) is 0.364. The minimum Gasteiger partial charge on any atom is -0.310 e. The van der Waals surface area contributed by atoms with E-state index in [2.05, 4.69) is 27.6 Å². The molecule has 1 aliphatic heterocycles. The van der Waals surface area contributed by atoms with E-state index in [1.54, 1.807) is 0 Å². The lowest BCUT2D eigenvalue weighted by Crippen LogP contribution is -2.12. The molecule has 2 aromatic rings. The van der Waals surface area contributed by atoms with Gasteiger partial charge in [0.1, 0.15) is 5.15 Å². The van der Waals surface area contributed by atoms with Crippen molar-refractivity contribution in [3.05, 3.63) is 28.9 Å². The van der Waals surface area contributed by atoms with Crippen molar-refractivity contribution in [3.63, 3.8) is 0 Å². The van der Waals surface area contributed by atoms with Crippen molar-refractivity contribution in [1.82, 2.24) is 15.5 Å². The zero-order valence-electron chi connectivity index (χ0n) is 8.26. The predicted molar refractivity (Wildman–Crippen MR) is 61.1 cm³/mol. The third kappa shape index (κ3) is 1.52. The van der Waals surface area contributed by atoms with Crippen LogP contribution in [0.4, 0.5) is 0 Å². The molecule has 0 spiro atoms. The highest BCUT2D eigenvalue weighted by molar-refractivity contribution is 6.34. The van der Waals surface area contributed by atoms with Crippen LogP contribution in [-0.4, -0.2) is 16.7 Å². The van der Waals surface area contributed by atoms with Crippen LogP contribution in [-0.2, 0) is 0 Å². The summed E-state index contributed by atoms with van der Waals surface area (Å²) in [5, 5.41) is 12.0. The van der Waals surface area contributed by atoms with Crippen molar-refractivity contribution in [2.24, 2.45) is 0 Å². The standard InChI is InChI=1S/C11H12ClN3/c12-11-8-4-3-7(6-10(8)14-15-11)9-2-1-5-13-9/h3-4,6,9,13H,1-2,5H2,(H,14,15). The van der Waals surface area contributed by atoms with Crippen molar-refractivity contribution in [1.29, 1.82) is 0 Å². The zero-order valence-corrected chi connectivity index (χ0v) is 9.01. The Bertz CT molecular complexity index is 486. The van der Waals surface area contributed by atoms with Gasteiger partial charge in [0.2, 0.25) is 0 Å². The van der Waals surface area contributed by atoms with Crippen LogP contribution in [0.15, 0.2) is 18.2 Å². The number of aromatic nitrogens is 2. The summed E-state index contributed by atoms with van der Waals surface area (Å²) in [6.45, 7) is 1.12. The average Bonchev–Trinajstić information content (AvgIpc) is 2.88. The monoisotopic (exact) mass is 221 g/mol. The molecule has 1 fully saturated rings. The van der Waals surface area contributed by atoms with Crippen molar-refractivity contribution in [2.45, 2.75) is 18.9 Å². The molecule has 0 radical (unpaired) electrons. The number of hydrogen-bond acceptors (Lipinski definition) is 2. The van der Waals surface area contributed by atoms with E-state index in [1.165, 1.54) is 18.4 Å². The molecule has 2 N–H and O–H groups in total. The molecule has 1 aromatic heterocycles. The third-order valence-electron chi connectivity index (χ3n) is 3.00. The summed E-state index contributed by atoms with van der Waals surface area (Å²) < 4.78 is 0. The van der Waals surface area contributed by atoms with Gasteiger partial charge >= 0.3 is 0 Å². The number of fused-ring (bicyclic) bond motifs is 1. The van der Waals surface area contributed by atoms with Gasteiger partial charge in [0.05, 0.1) is 5.52 Å². The van der Waals surface area contributed by atoms with E-state index in [0.717, 1.165) is 17.4 Å². The summed E-state index contributed by atoms with van der Waals surface area (Å²) in [5.41, 5.74) is 2.26. The fourth-order valence-corrected chi connectivity index (χ4v) is 2.38. The summed E-state index contributed by atoms with van der Waals surface area (Å²) >= 11 is 5.95. The molecule has 1 aromatic carbocycles.